The van der Waals surface area contributed by atoms with Crippen molar-refractivity contribution in [1.82, 2.24) is 24.5 Å². The third-order valence-electron chi connectivity index (χ3n) is 2.99. The van der Waals surface area contributed by atoms with Crippen LogP contribution in [0.1, 0.15) is 17.5 Å². The van der Waals surface area contributed by atoms with Gasteiger partial charge in [-0.2, -0.15) is 0 Å². The smallest absolute Gasteiger partial charge is 0.139 e. The summed E-state index contributed by atoms with van der Waals surface area (Å²) in [6.07, 6.45) is 4.02. The van der Waals surface area contributed by atoms with Crippen LogP contribution in [-0.4, -0.2) is 29.7 Å². The number of aliphatic hydroxyl groups is 1. The molecule has 0 saturated carbocycles. The molecular weight excluding hydrogens is 242 g/mol. The molecule has 0 radical (unpaired) electrons. The molecule has 0 saturated heterocycles. The third kappa shape index (κ3) is 2.02. The van der Waals surface area contributed by atoms with Gasteiger partial charge < -0.3 is 9.67 Å². The van der Waals surface area contributed by atoms with E-state index in [1.807, 2.05) is 37.4 Å². The van der Waals surface area contributed by atoms with Crippen LogP contribution >= 0.6 is 0 Å². The minimum Gasteiger partial charge on any atom is -0.380 e. The molecule has 3 aromatic rings. The number of hydrogen-bond acceptors (Lipinski definition) is 4. The van der Waals surface area contributed by atoms with Crippen molar-refractivity contribution >= 4 is 0 Å². The van der Waals surface area contributed by atoms with Crippen LogP contribution in [0.25, 0.3) is 5.69 Å². The molecule has 19 heavy (non-hydrogen) atoms. The van der Waals surface area contributed by atoms with Crippen LogP contribution in [0.2, 0.25) is 0 Å². The number of aromatic nitrogens is 5. The van der Waals surface area contributed by atoms with Crippen LogP contribution in [0.4, 0.5) is 0 Å². The molecule has 0 aliphatic rings. The molecule has 1 aromatic carbocycles. The molecule has 3 rings (SSSR count). The standard InChI is InChI=1S/C13H13N5O/c1-17-9-14-7-11(17)13(19)12-8-15-16-18(12)10-5-3-2-4-6-10/h2-9,13,19H,1H3. The first-order valence-corrected chi connectivity index (χ1v) is 5.87. The van der Waals surface area contributed by atoms with Crippen molar-refractivity contribution in [2.24, 2.45) is 7.05 Å². The highest BCUT2D eigenvalue weighted by molar-refractivity contribution is 5.33. The normalized spacial score (nSPS) is 12.5. The van der Waals surface area contributed by atoms with Gasteiger partial charge in [0.15, 0.2) is 0 Å². The maximum Gasteiger partial charge on any atom is 0.139 e. The molecule has 0 spiro atoms. The first-order chi connectivity index (χ1) is 9.27. The summed E-state index contributed by atoms with van der Waals surface area (Å²) >= 11 is 0. The van der Waals surface area contributed by atoms with E-state index in [1.165, 1.54) is 0 Å². The SMILES string of the molecule is Cn1cncc1C(O)c1cnnn1-c1ccccc1. The van der Waals surface area contributed by atoms with Crippen LogP contribution in [-0.2, 0) is 7.05 Å². The summed E-state index contributed by atoms with van der Waals surface area (Å²) in [5.41, 5.74) is 2.16. The highest BCUT2D eigenvalue weighted by Gasteiger charge is 2.19. The number of para-hydroxylation sites is 1. The lowest BCUT2D eigenvalue weighted by atomic mass is 10.2. The van der Waals surface area contributed by atoms with Crippen molar-refractivity contribution in [1.29, 1.82) is 0 Å². The Balaban J connectivity index is 2.04. The number of imidazole rings is 1. The van der Waals surface area contributed by atoms with E-state index in [-0.39, 0.29) is 0 Å². The zero-order chi connectivity index (χ0) is 13.2. The van der Waals surface area contributed by atoms with E-state index in [1.54, 1.807) is 28.0 Å². The molecule has 0 aliphatic carbocycles. The van der Waals surface area contributed by atoms with Crippen molar-refractivity contribution in [3.8, 4) is 5.69 Å². The summed E-state index contributed by atoms with van der Waals surface area (Å²) < 4.78 is 3.39. The lowest BCUT2D eigenvalue weighted by Crippen LogP contribution is -2.11. The summed E-state index contributed by atoms with van der Waals surface area (Å²) in [7, 11) is 1.84. The van der Waals surface area contributed by atoms with Gasteiger partial charge in [0.2, 0.25) is 0 Å². The average Bonchev–Trinajstić information content (AvgIpc) is 3.07. The van der Waals surface area contributed by atoms with Crippen LogP contribution in [0.5, 0.6) is 0 Å². The number of aliphatic hydroxyl groups excluding tert-OH is 1. The van der Waals surface area contributed by atoms with Gasteiger partial charge in [0, 0.05) is 7.05 Å². The molecule has 2 heterocycles. The molecule has 6 heteroatoms. The third-order valence-corrected chi connectivity index (χ3v) is 2.99. The first-order valence-electron chi connectivity index (χ1n) is 5.87. The van der Waals surface area contributed by atoms with Crippen molar-refractivity contribution in [2.75, 3.05) is 0 Å². The van der Waals surface area contributed by atoms with Gasteiger partial charge in [0.05, 0.1) is 35.8 Å². The van der Waals surface area contributed by atoms with E-state index in [0.29, 0.717) is 11.4 Å². The molecule has 0 fully saturated rings. The summed E-state index contributed by atoms with van der Waals surface area (Å²) in [6, 6.07) is 9.58. The molecule has 1 unspecified atom stereocenters. The summed E-state index contributed by atoms with van der Waals surface area (Å²) in [6.45, 7) is 0. The monoisotopic (exact) mass is 255 g/mol. The maximum atomic E-state index is 10.4. The Bertz CT molecular complexity index is 673. The predicted molar refractivity (Wildman–Crippen MR) is 68.6 cm³/mol. The Morgan fingerprint density at radius 2 is 1.89 bits per heavy atom. The molecule has 1 N–H and O–H groups in total. The molecule has 0 bridgehead atoms. The molecule has 96 valence electrons. The van der Waals surface area contributed by atoms with Gasteiger partial charge in [-0.15, -0.1) is 5.10 Å². The maximum absolute atomic E-state index is 10.4. The van der Waals surface area contributed by atoms with Gasteiger partial charge >= 0.3 is 0 Å². The van der Waals surface area contributed by atoms with Crippen molar-refractivity contribution in [3.63, 3.8) is 0 Å². The molecule has 0 aliphatic heterocycles. The Labute approximate surface area is 110 Å². The quantitative estimate of drug-likeness (QED) is 0.760. The van der Waals surface area contributed by atoms with E-state index >= 15 is 0 Å². The number of rotatable bonds is 3. The lowest BCUT2D eigenvalue weighted by molar-refractivity contribution is 0.203. The Morgan fingerprint density at radius 3 is 2.58 bits per heavy atom. The number of nitrogens with zero attached hydrogens (tertiary/aromatic N) is 5. The zero-order valence-electron chi connectivity index (χ0n) is 10.4. The van der Waals surface area contributed by atoms with Gasteiger partial charge in [-0.05, 0) is 12.1 Å². The average molecular weight is 255 g/mol. The molecule has 6 nitrogen and oxygen atoms in total. The van der Waals surface area contributed by atoms with E-state index in [0.717, 1.165) is 5.69 Å². The number of hydrogen-bond donors (Lipinski definition) is 1. The Hall–Kier alpha value is -2.47. The number of aryl methyl sites for hydroxylation is 1. The fourth-order valence-electron chi connectivity index (χ4n) is 1.98. The van der Waals surface area contributed by atoms with Gasteiger partial charge in [-0.25, -0.2) is 9.67 Å². The van der Waals surface area contributed by atoms with Gasteiger partial charge in [-0.3, -0.25) is 0 Å². The lowest BCUT2D eigenvalue weighted by Gasteiger charge is -2.12. The van der Waals surface area contributed by atoms with Crippen molar-refractivity contribution in [3.05, 3.63) is 60.4 Å². The Kier molecular flexibility index (Phi) is 2.85. The molecule has 1 atom stereocenters. The van der Waals surface area contributed by atoms with Gasteiger partial charge in [-0.1, -0.05) is 23.4 Å². The van der Waals surface area contributed by atoms with E-state index in [4.69, 9.17) is 0 Å². The molecule has 0 amide bonds. The van der Waals surface area contributed by atoms with Crippen LogP contribution < -0.4 is 0 Å². The van der Waals surface area contributed by atoms with Crippen molar-refractivity contribution in [2.45, 2.75) is 6.10 Å². The predicted octanol–water partition coefficient (Wildman–Crippen LogP) is 1.08. The molecular formula is C13H13N5O. The van der Waals surface area contributed by atoms with Gasteiger partial charge in [0.1, 0.15) is 6.10 Å². The second-order valence-electron chi connectivity index (χ2n) is 4.24. The van der Waals surface area contributed by atoms with E-state index in [9.17, 15) is 5.11 Å². The largest absolute Gasteiger partial charge is 0.380 e. The van der Waals surface area contributed by atoms with Crippen molar-refractivity contribution < 1.29 is 5.11 Å². The highest BCUT2D eigenvalue weighted by Crippen LogP contribution is 2.22. The first kappa shape index (κ1) is 11.6. The minimum atomic E-state index is -0.817. The van der Waals surface area contributed by atoms with E-state index < -0.39 is 6.10 Å². The minimum absolute atomic E-state index is 0.606. The fraction of sp³-hybridized carbons (Fsp3) is 0.154. The second kappa shape index (κ2) is 4.66. The topological polar surface area (TPSA) is 68.8 Å². The number of benzene rings is 1. The van der Waals surface area contributed by atoms with Crippen LogP contribution in [0.15, 0.2) is 49.1 Å². The highest BCUT2D eigenvalue weighted by atomic mass is 16.3. The molecule has 2 aromatic heterocycles. The van der Waals surface area contributed by atoms with Gasteiger partial charge in [0.25, 0.3) is 0 Å². The summed E-state index contributed by atoms with van der Waals surface area (Å²) in [4.78, 5) is 4.01. The summed E-state index contributed by atoms with van der Waals surface area (Å²) in [5.74, 6) is 0. The zero-order valence-corrected chi connectivity index (χ0v) is 10.4. The van der Waals surface area contributed by atoms with E-state index in [2.05, 4.69) is 15.3 Å². The fourth-order valence-corrected chi connectivity index (χ4v) is 1.98. The Morgan fingerprint density at radius 1 is 1.11 bits per heavy atom. The summed E-state index contributed by atoms with van der Waals surface area (Å²) in [5, 5.41) is 18.3. The van der Waals surface area contributed by atoms with Crippen LogP contribution in [0.3, 0.4) is 0 Å². The van der Waals surface area contributed by atoms with Crippen LogP contribution in [0, 0.1) is 0 Å². The second-order valence-corrected chi connectivity index (χ2v) is 4.24.